The average molecular weight is 872 g/mol. The lowest BCUT2D eigenvalue weighted by molar-refractivity contribution is -0.283. The number of esters is 1. The number of carbonyl (C=O) groups excluding carboxylic acids is 4. The van der Waals surface area contributed by atoms with E-state index in [4.69, 9.17) is 14.2 Å². The molecule has 62 heavy (non-hydrogen) atoms. The van der Waals surface area contributed by atoms with Crippen molar-refractivity contribution in [3.05, 3.63) is 47.6 Å². The van der Waals surface area contributed by atoms with E-state index in [1.165, 1.54) is 4.90 Å². The van der Waals surface area contributed by atoms with Crippen LogP contribution in [-0.2, 0) is 33.4 Å². The Balaban J connectivity index is 1.65. The number of aliphatic hydroxyl groups is 5. The molecule has 1 amide bonds. The summed E-state index contributed by atoms with van der Waals surface area (Å²) in [6.45, 7) is 12.8. The van der Waals surface area contributed by atoms with Gasteiger partial charge >= 0.3 is 5.97 Å². The Bertz CT molecular complexity index is 1640. The van der Waals surface area contributed by atoms with Crippen molar-refractivity contribution in [2.24, 2.45) is 35.5 Å². The van der Waals surface area contributed by atoms with Crippen LogP contribution in [0.3, 0.4) is 0 Å². The van der Waals surface area contributed by atoms with Crippen LogP contribution in [0.5, 0.6) is 0 Å². The number of hydrogen-bond acceptors (Lipinski definition) is 12. The number of Topliss-reactive ketones (excluding diaryl/α,β-unsaturated/α-hetero) is 2. The number of rotatable bonds is 4. The zero-order chi connectivity index (χ0) is 45.9. The van der Waals surface area contributed by atoms with Crippen LogP contribution < -0.4 is 0 Å². The molecule has 15 atom stereocenters. The normalized spacial score (nSPS) is 41.8. The van der Waals surface area contributed by atoms with Crippen LogP contribution in [-0.4, -0.2) is 122 Å². The molecule has 0 aromatic heterocycles. The number of fused-ring (bicyclic) bond motifs is 3. The van der Waals surface area contributed by atoms with Gasteiger partial charge in [-0.15, -0.1) is 0 Å². The number of cyclic esters (lactones) is 1. The predicted octanol–water partition coefficient (Wildman–Crippen LogP) is 5.69. The number of amides is 1. The van der Waals surface area contributed by atoms with Crippen LogP contribution in [0.25, 0.3) is 0 Å². The van der Waals surface area contributed by atoms with Crippen LogP contribution in [0, 0.1) is 35.5 Å². The summed E-state index contributed by atoms with van der Waals surface area (Å²) in [5.74, 6) is -5.54. The van der Waals surface area contributed by atoms with Crippen molar-refractivity contribution >= 4 is 23.4 Å². The Labute approximate surface area is 369 Å². The second-order valence-electron chi connectivity index (χ2n) is 19.3. The van der Waals surface area contributed by atoms with Gasteiger partial charge in [0.25, 0.3) is 0 Å². The van der Waals surface area contributed by atoms with Gasteiger partial charge in [-0.3, -0.25) is 14.4 Å². The van der Waals surface area contributed by atoms with Crippen LogP contribution >= 0.6 is 0 Å². The van der Waals surface area contributed by atoms with Gasteiger partial charge in [0.05, 0.1) is 30.8 Å². The van der Waals surface area contributed by atoms with Crippen molar-refractivity contribution in [3.8, 4) is 0 Å². The van der Waals surface area contributed by atoms with Crippen LogP contribution in [0.2, 0.25) is 0 Å². The Morgan fingerprint density at radius 1 is 0.871 bits per heavy atom. The SMILES string of the molecule is CO[C@H]1C[C@@H](C[C@@H](C)[C@@H]2CC(=O)[C@H](C)/C=C(\C)[C@@H](O)[C@@H](O)C(=O)[C@H](C)C[C@H](C)\C=C/C=C/C=C(\C)[C@@H](O)C[C@@H]3CC[C@@H](C)[C@](O)(CC(=O)N4CCCC[C@H]4C(=O)O2)O3)CC[C@@H]1O. The highest BCUT2D eigenvalue weighted by Crippen LogP contribution is 2.38. The number of hydrogen-bond donors (Lipinski definition) is 5. The van der Waals surface area contributed by atoms with Crippen LogP contribution in [0.4, 0.5) is 0 Å². The molecule has 1 saturated carbocycles. The Morgan fingerprint density at radius 3 is 2.31 bits per heavy atom. The highest BCUT2D eigenvalue weighted by atomic mass is 16.6. The molecule has 3 aliphatic heterocycles. The maximum absolute atomic E-state index is 14.3. The minimum absolute atomic E-state index is 0.0308. The number of carbonyl (C=O) groups is 4. The average Bonchev–Trinajstić information content (AvgIpc) is 3.23. The number of allylic oxidation sites excluding steroid dienone is 6. The van der Waals surface area contributed by atoms with Gasteiger partial charge in [0.2, 0.25) is 5.91 Å². The van der Waals surface area contributed by atoms with Gasteiger partial charge in [-0.1, -0.05) is 71.1 Å². The van der Waals surface area contributed by atoms with E-state index >= 15 is 0 Å². The highest BCUT2D eigenvalue weighted by Gasteiger charge is 2.46. The zero-order valence-corrected chi connectivity index (χ0v) is 38.5. The molecule has 2 saturated heterocycles. The molecule has 0 unspecified atom stereocenters. The molecule has 5 N–H and O–H groups in total. The second kappa shape index (κ2) is 23.8. The molecule has 13 heteroatoms. The standard InChI is InChI=1S/C49H77NO12/c1-29-14-10-9-11-15-30(2)40(52)26-37-19-17-35(7)49(59,62-37)28-44(54)50-21-13-12-16-38(50)48(58)61-42(32(4)24-36-18-20-39(51)43(25-36)60-8)27-41(53)31(3)23-34(6)46(56)47(57)45(55)33(5)22-29/h9-11,14-15,23,29,31-33,35-40,42-43,46-47,51-52,56-57,59H,12-13,16-22,24-28H2,1-8H3/b11-9+,14-10-,30-15+,34-23+/t29-,31-,32-,33-,35-,36-,37+,38+,39+,40+,42+,43+,46-,47+,49+/m1/s1. The van der Waals surface area contributed by atoms with Crippen LogP contribution in [0.1, 0.15) is 132 Å². The topological polar surface area (TPSA) is 200 Å². The van der Waals surface area contributed by atoms with E-state index in [2.05, 4.69) is 0 Å². The molecule has 0 aromatic rings. The number of piperidine rings is 1. The molecule has 4 aliphatic rings. The fourth-order valence-corrected chi connectivity index (χ4v) is 9.72. The predicted molar refractivity (Wildman–Crippen MR) is 235 cm³/mol. The summed E-state index contributed by atoms with van der Waals surface area (Å²) >= 11 is 0. The second-order valence-corrected chi connectivity index (χ2v) is 19.3. The summed E-state index contributed by atoms with van der Waals surface area (Å²) in [5.41, 5.74) is 0.961. The van der Waals surface area contributed by atoms with E-state index in [-0.39, 0.29) is 66.9 Å². The summed E-state index contributed by atoms with van der Waals surface area (Å²) in [5, 5.41) is 55.5. The molecule has 0 spiro atoms. The Hall–Kier alpha value is -3.04. The first-order valence-corrected chi connectivity index (χ1v) is 23.2. The molecular weight excluding hydrogens is 795 g/mol. The van der Waals surface area contributed by atoms with Crippen molar-refractivity contribution in [1.82, 2.24) is 4.90 Å². The lowest BCUT2D eigenvalue weighted by atomic mass is 9.78. The summed E-state index contributed by atoms with van der Waals surface area (Å²) < 4.78 is 18.1. The fourth-order valence-electron chi connectivity index (χ4n) is 9.72. The lowest BCUT2D eigenvalue weighted by Crippen LogP contribution is -2.54. The van der Waals surface area contributed by atoms with Gasteiger partial charge < -0.3 is 44.6 Å². The summed E-state index contributed by atoms with van der Waals surface area (Å²) in [6.07, 6.45) is 9.90. The van der Waals surface area contributed by atoms with Crippen molar-refractivity contribution in [2.45, 2.75) is 186 Å². The molecule has 0 radical (unpaired) electrons. The Kier molecular flexibility index (Phi) is 19.8. The van der Waals surface area contributed by atoms with Crippen LogP contribution in [0.15, 0.2) is 47.6 Å². The van der Waals surface area contributed by atoms with Crippen molar-refractivity contribution in [1.29, 1.82) is 0 Å². The van der Waals surface area contributed by atoms with Gasteiger partial charge in [0.15, 0.2) is 11.6 Å². The maximum atomic E-state index is 14.3. The molecule has 13 nitrogen and oxygen atoms in total. The third-order valence-electron chi connectivity index (χ3n) is 14.1. The molecule has 0 aromatic carbocycles. The molecule has 2 bridgehead atoms. The number of nitrogens with zero attached hydrogens (tertiary/aromatic N) is 1. The summed E-state index contributed by atoms with van der Waals surface area (Å²) in [7, 11) is 1.57. The number of aliphatic hydroxyl groups excluding tert-OH is 4. The van der Waals surface area contributed by atoms with Gasteiger partial charge in [0.1, 0.15) is 30.1 Å². The van der Waals surface area contributed by atoms with Crippen molar-refractivity contribution in [2.75, 3.05) is 13.7 Å². The highest BCUT2D eigenvalue weighted by molar-refractivity contribution is 5.87. The number of methoxy groups -OCH3 is 1. The van der Waals surface area contributed by atoms with E-state index in [1.807, 2.05) is 45.9 Å². The molecule has 3 fully saturated rings. The zero-order valence-electron chi connectivity index (χ0n) is 38.5. The molecule has 350 valence electrons. The van der Waals surface area contributed by atoms with E-state index in [9.17, 15) is 44.7 Å². The third kappa shape index (κ3) is 14.2. The summed E-state index contributed by atoms with van der Waals surface area (Å²) in [4.78, 5) is 57.2. The smallest absolute Gasteiger partial charge is 0.329 e. The minimum Gasteiger partial charge on any atom is -0.460 e. The first kappa shape index (κ1) is 51.6. The quantitative estimate of drug-likeness (QED) is 0.171. The van der Waals surface area contributed by atoms with Crippen molar-refractivity contribution in [3.63, 3.8) is 0 Å². The van der Waals surface area contributed by atoms with E-state index in [0.29, 0.717) is 63.4 Å². The van der Waals surface area contributed by atoms with Gasteiger partial charge in [-0.25, -0.2) is 4.79 Å². The number of ketones is 2. The van der Waals surface area contributed by atoms with E-state index in [0.717, 1.165) is 6.42 Å². The third-order valence-corrected chi connectivity index (χ3v) is 14.1. The molecule has 1 aliphatic carbocycles. The minimum atomic E-state index is -1.81. The monoisotopic (exact) mass is 872 g/mol. The van der Waals surface area contributed by atoms with E-state index in [1.54, 1.807) is 46.1 Å². The largest absolute Gasteiger partial charge is 0.460 e. The molecular formula is C49H77NO12. The fraction of sp³-hybridized carbons (Fsp3) is 0.755. The van der Waals surface area contributed by atoms with E-state index < -0.39 is 77.9 Å². The lowest BCUT2D eigenvalue weighted by Gasteiger charge is -2.44. The van der Waals surface area contributed by atoms with Gasteiger partial charge in [-0.2, -0.15) is 0 Å². The maximum Gasteiger partial charge on any atom is 0.329 e. The molecule has 4 rings (SSSR count). The van der Waals surface area contributed by atoms with Crippen molar-refractivity contribution < 1.29 is 58.9 Å². The Morgan fingerprint density at radius 2 is 1.60 bits per heavy atom. The molecule has 3 heterocycles. The van der Waals surface area contributed by atoms with Gasteiger partial charge in [-0.05, 0) is 107 Å². The van der Waals surface area contributed by atoms with Gasteiger partial charge in [0, 0.05) is 44.2 Å². The first-order valence-electron chi connectivity index (χ1n) is 23.2. The first-order chi connectivity index (χ1) is 29.2. The number of ether oxygens (including phenoxy) is 3. The summed E-state index contributed by atoms with van der Waals surface area (Å²) in [6, 6.07) is -0.935.